The van der Waals surface area contributed by atoms with Gasteiger partial charge in [0.2, 0.25) is 0 Å². The number of carboxylic acids is 1. The third kappa shape index (κ3) is 6.47. The molecule has 0 fully saturated rings. The van der Waals surface area contributed by atoms with Gasteiger partial charge in [-0.1, -0.05) is 33.1 Å². The van der Waals surface area contributed by atoms with Gasteiger partial charge in [0.25, 0.3) is 0 Å². The predicted octanol–water partition coefficient (Wildman–Crippen LogP) is 1.33. The molecule has 0 bridgehead atoms. The molecule has 3 atom stereocenters. The van der Waals surface area contributed by atoms with E-state index >= 15 is 0 Å². The lowest BCUT2D eigenvalue weighted by Crippen LogP contribution is -2.37. The first-order chi connectivity index (χ1) is 6.99. The van der Waals surface area contributed by atoms with E-state index in [4.69, 9.17) is 16.6 Å². The van der Waals surface area contributed by atoms with E-state index in [9.17, 15) is 4.79 Å². The smallest absolute Gasteiger partial charge is 0.320 e. The summed E-state index contributed by atoms with van der Waals surface area (Å²) in [5, 5.41) is 8.66. The van der Waals surface area contributed by atoms with E-state index in [-0.39, 0.29) is 12.0 Å². The first-order valence-electron chi connectivity index (χ1n) is 5.73. The van der Waals surface area contributed by atoms with Crippen molar-refractivity contribution in [3.05, 3.63) is 0 Å². The van der Waals surface area contributed by atoms with Crippen molar-refractivity contribution in [2.45, 2.75) is 58.0 Å². The number of unbranched alkanes of at least 4 members (excludes halogenated alkanes) is 2. The number of hydrogen-bond donors (Lipinski definition) is 3. The van der Waals surface area contributed by atoms with Crippen LogP contribution in [0.5, 0.6) is 0 Å². The molecule has 0 spiro atoms. The number of carboxylic acid groups (broad SMARTS) is 1. The second-order valence-electron chi connectivity index (χ2n) is 4.32. The van der Waals surface area contributed by atoms with Crippen molar-refractivity contribution < 1.29 is 9.90 Å². The third-order valence-corrected chi connectivity index (χ3v) is 2.81. The second kappa shape index (κ2) is 7.65. The molecule has 0 radical (unpaired) electrons. The molecule has 0 aromatic heterocycles. The Morgan fingerprint density at radius 3 is 2.40 bits per heavy atom. The molecule has 4 nitrogen and oxygen atoms in total. The molecule has 0 aromatic carbocycles. The lowest BCUT2D eigenvalue weighted by molar-refractivity contribution is -0.138. The van der Waals surface area contributed by atoms with E-state index in [0.29, 0.717) is 6.42 Å². The van der Waals surface area contributed by atoms with Crippen LogP contribution in [0.2, 0.25) is 0 Å². The molecule has 0 heterocycles. The highest BCUT2D eigenvalue weighted by Gasteiger charge is 2.19. The van der Waals surface area contributed by atoms with E-state index in [2.05, 4.69) is 6.92 Å². The van der Waals surface area contributed by atoms with Gasteiger partial charge in [-0.3, -0.25) is 4.79 Å². The molecule has 0 rings (SSSR count). The Hall–Kier alpha value is -0.610. The Morgan fingerprint density at radius 1 is 1.33 bits per heavy atom. The van der Waals surface area contributed by atoms with Gasteiger partial charge in [-0.25, -0.2) is 0 Å². The average molecular weight is 216 g/mol. The highest BCUT2D eigenvalue weighted by molar-refractivity contribution is 5.73. The molecule has 2 unspecified atom stereocenters. The summed E-state index contributed by atoms with van der Waals surface area (Å²) >= 11 is 0. The minimum Gasteiger partial charge on any atom is -0.480 e. The Labute approximate surface area is 92.0 Å². The number of nitrogens with two attached hydrogens (primary N) is 2. The van der Waals surface area contributed by atoms with Gasteiger partial charge in [0.15, 0.2) is 0 Å². The minimum absolute atomic E-state index is 0.0712. The summed E-state index contributed by atoms with van der Waals surface area (Å²) < 4.78 is 0. The third-order valence-electron chi connectivity index (χ3n) is 2.81. The van der Waals surface area contributed by atoms with Crippen LogP contribution in [0.1, 0.15) is 46.0 Å². The van der Waals surface area contributed by atoms with E-state index in [1.54, 1.807) is 0 Å². The van der Waals surface area contributed by atoms with Gasteiger partial charge >= 0.3 is 5.97 Å². The zero-order valence-corrected chi connectivity index (χ0v) is 9.78. The van der Waals surface area contributed by atoms with Crippen LogP contribution in [0, 0.1) is 5.92 Å². The van der Waals surface area contributed by atoms with Crippen molar-refractivity contribution >= 4 is 5.97 Å². The van der Waals surface area contributed by atoms with Crippen LogP contribution >= 0.6 is 0 Å². The Balaban J connectivity index is 3.77. The number of carbonyl (C=O) groups is 1. The van der Waals surface area contributed by atoms with Gasteiger partial charge in [-0.05, 0) is 18.8 Å². The van der Waals surface area contributed by atoms with Crippen molar-refractivity contribution in [2.75, 3.05) is 0 Å². The van der Waals surface area contributed by atoms with Crippen LogP contribution in [-0.2, 0) is 4.79 Å². The van der Waals surface area contributed by atoms with E-state index in [0.717, 1.165) is 12.8 Å². The predicted molar refractivity (Wildman–Crippen MR) is 61.5 cm³/mol. The lowest BCUT2D eigenvalue weighted by Gasteiger charge is -2.21. The van der Waals surface area contributed by atoms with Gasteiger partial charge < -0.3 is 16.6 Å². The standard InChI is InChI=1S/C11H24N2O2/c1-3-4-5-6-9(12)8(2)7-10(13)11(14)15/h8-10H,3-7,12-13H2,1-2H3,(H,14,15)/t8?,9?,10-/m0/s1. The summed E-state index contributed by atoms with van der Waals surface area (Å²) in [6, 6.07) is -0.709. The molecular formula is C11H24N2O2. The van der Waals surface area contributed by atoms with E-state index in [1.165, 1.54) is 12.8 Å². The molecular weight excluding hydrogens is 192 g/mol. The van der Waals surface area contributed by atoms with Gasteiger partial charge in [0.05, 0.1) is 0 Å². The van der Waals surface area contributed by atoms with Crippen LogP contribution < -0.4 is 11.5 Å². The molecule has 0 saturated carbocycles. The Kier molecular flexibility index (Phi) is 7.34. The number of aliphatic carboxylic acids is 1. The van der Waals surface area contributed by atoms with Crippen molar-refractivity contribution in [3.8, 4) is 0 Å². The first kappa shape index (κ1) is 14.4. The van der Waals surface area contributed by atoms with Gasteiger partial charge in [0, 0.05) is 6.04 Å². The first-order valence-corrected chi connectivity index (χ1v) is 5.73. The summed E-state index contributed by atoms with van der Waals surface area (Å²) in [5.41, 5.74) is 11.4. The van der Waals surface area contributed by atoms with Crippen LogP contribution in [-0.4, -0.2) is 23.2 Å². The van der Waals surface area contributed by atoms with Crippen molar-refractivity contribution in [3.63, 3.8) is 0 Å². The maximum atomic E-state index is 10.6. The molecule has 0 aliphatic carbocycles. The summed E-state index contributed by atoms with van der Waals surface area (Å²) in [4.78, 5) is 10.6. The molecule has 15 heavy (non-hydrogen) atoms. The van der Waals surface area contributed by atoms with Crippen molar-refractivity contribution in [1.29, 1.82) is 0 Å². The highest BCUT2D eigenvalue weighted by atomic mass is 16.4. The molecule has 4 heteroatoms. The fourth-order valence-electron chi connectivity index (χ4n) is 1.59. The summed E-state index contributed by atoms with van der Waals surface area (Å²) in [6.07, 6.45) is 4.90. The zero-order valence-electron chi connectivity index (χ0n) is 9.78. The lowest BCUT2D eigenvalue weighted by atomic mass is 9.91. The highest BCUT2D eigenvalue weighted by Crippen LogP contribution is 2.14. The van der Waals surface area contributed by atoms with Crippen LogP contribution in [0.4, 0.5) is 0 Å². The van der Waals surface area contributed by atoms with E-state index in [1.807, 2.05) is 6.92 Å². The fraction of sp³-hybridized carbons (Fsp3) is 0.909. The normalized spacial score (nSPS) is 17.1. The summed E-state index contributed by atoms with van der Waals surface area (Å²) in [6.45, 7) is 4.12. The molecule has 0 amide bonds. The summed E-state index contributed by atoms with van der Waals surface area (Å²) in [5.74, 6) is -0.768. The topological polar surface area (TPSA) is 89.3 Å². The van der Waals surface area contributed by atoms with Crippen LogP contribution in [0.15, 0.2) is 0 Å². The monoisotopic (exact) mass is 216 g/mol. The maximum absolute atomic E-state index is 10.6. The summed E-state index contributed by atoms with van der Waals surface area (Å²) in [7, 11) is 0. The van der Waals surface area contributed by atoms with Gasteiger partial charge in [-0.15, -0.1) is 0 Å². The SMILES string of the molecule is CCCCCC(N)C(C)C[C@H](N)C(=O)O. The molecule has 0 aliphatic heterocycles. The fourth-order valence-corrected chi connectivity index (χ4v) is 1.59. The Bertz CT molecular complexity index is 185. The Morgan fingerprint density at radius 2 is 1.93 bits per heavy atom. The molecule has 90 valence electrons. The number of rotatable bonds is 8. The minimum atomic E-state index is -0.942. The average Bonchev–Trinajstić information content (AvgIpc) is 2.17. The largest absolute Gasteiger partial charge is 0.480 e. The second-order valence-corrected chi connectivity index (χ2v) is 4.32. The van der Waals surface area contributed by atoms with Crippen molar-refractivity contribution in [2.24, 2.45) is 17.4 Å². The number of hydrogen-bond acceptors (Lipinski definition) is 3. The van der Waals surface area contributed by atoms with Crippen LogP contribution in [0.25, 0.3) is 0 Å². The van der Waals surface area contributed by atoms with Crippen molar-refractivity contribution in [1.82, 2.24) is 0 Å². The quantitative estimate of drug-likeness (QED) is 0.534. The van der Waals surface area contributed by atoms with E-state index < -0.39 is 12.0 Å². The molecule has 0 saturated heterocycles. The zero-order chi connectivity index (χ0) is 11.8. The maximum Gasteiger partial charge on any atom is 0.320 e. The molecule has 5 N–H and O–H groups in total. The van der Waals surface area contributed by atoms with Gasteiger partial charge in [0.1, 0.15) is 6.04 Å². The molecule has 0 aromatic rings. The van der Waals surface area contributed by atoms with Crippen LogP contribution in [0.3, 0.4) is 0 Å². The van der Waals surface area contributed by atoms with Gasteiger partial charge in [-0.2, -0.15) is 0 Å². The molecule has 0 aliphatic rings.